The zero-order valence-electron chi connectivity index (χ0n) is 6.44. The van der Waals surface area contributed by atoms with Gasteiger partial charge in [-0.15, -0.1) is 0 Å². The van der Waals surface area contributed by atoms with E-state index in [4.69, 9.17) is 0 Å². The second kappa shape index (κ2) is 3.37. The van der Waals surface area contributed by atoms with E-state index >= 15 is 0 Å². The van der Waals surface area contributed by atoms with Crippen LogP contribution in [0, 0.1) is 6.92 Å². The van der Waals surface area contributed by atoms with E-state index in [1.165, 1.54) is 0 Å². The molecule has 0 fully saturated rings. The molecule has 3 heteroatoms. The molecule has 1 rings (SSSR count). The summed E-state index contributed by atoms with van der Waals surface area (Å²) < 4.78 is 0. The molecule has 0 aliphatic rings. The molecule has 0 unspecified atom stereocenters. The lowest BCUT2D eigenvalue weighted by Gasteiger charge is -1.93. The lowest BCUT2D eigenvalue weighted by molar-refractivity contribution is 0.763. The highest BCUT2D eigenvalue weighted by molar-refractivity contribution is 4.98. The summed E-state index contributed by atoms with van der Waals surface area (Å²) in [5, 5.41) is 3.07. The molecule has 0 aliphatic carbocycles. The Hall–Kier alpha value is -0.830. The van der Waals surface area contributed by atoms with Gasteiger partial charge in [-0.1, -0.05) is 0 Å². The summed E-state index contributed by atoms with van der Waals surface area (Å²) in [6, 6.07) is 0. The molecular formula is C7H13N3. The summed E-state index contributed by atoms with van der Waals surface area (Å²) in [7, 11) is 1.94. The quantitative estimate of drug-likeness (QED) is 0.639. The summed E-state index contributed by atoms with van der Waals surface area (Å²) in [5.74, 6) is 1.06. The molecule has 0 atom stereocenters. The molecule has 0 spiro atoms. The van der Waals surface area contributed by atoms with E-state index in [2.05, 4.69) is 15.3 Å². The van der Waals surface area contributed by atoms with Crippen molar-refractivity contribution in [3.63, 3.8) is 0 Å². The van der Waals surface area contributed by atoms with Gasteiger partial charge in [0.2, 0.25) is 0 Å². The van der Waals surface area contributed by atoms with Crippen molar-refractivity contribution in [3.05, 3.63) is 17.7 Å². The molecule has 0 saturated heterocycles. The lowest BCUT2D eigenvalue weighted by atomic mass is 10.4. The van der Waals surface area contributed by atoms with Gasteiger partial charge in [-0.2, -0.15) is 0 Å². The van der Waals surface area contributed by atoms with Crippen molar-refractivity contribution in [2.75, 3.05) is 13.6 Å². The minimum absolute atomic E-state index is 0.977. The largest absolute Gasteiger partial charge is 0.346 e. The van der Waals surface area contributed by atoms with Gasteiger partial charge in [0.1, 0.15) is 5.82 Å². The average molecular weight is 139 g/mol. The monoisotopic (exact) mass is 139 g/mol. The first kappa shape index (κ1) is 7.28. The third kappa shape index (κ3) is 1.84. The van der Waals surface area contributed by atoms with Gasteiger partial charge in [-0.25, -0.2) is 4.98 Å². The van der Waals surface area contributed by atoms with E-state index in [1.807, 2.05) is 20.2 Å². The van der Waals surface area contributed by atoms with E-state index in [0.717, 1.165) is 24.5 Å². The molecule has 2 N–H and O–H groups in total. The predicted octanol–water partition coefficient (Wildman–Crippen LogP) is 0.480. The maximum Gasteiger partial charge on any atom is 0.107 e. The molecular weight excluding hydrogens is 126 g/mol. The number of aryl methyl sites for hydroxylation is 1. The van der Waals surface area contributed by atoms with Crippen molar-refractivity contribution < 1.29 is 0 Å². The summed E-state index contributed by atoms with van der Waals surface area (Å²) in [6.45, 7) is 2.99. The summed E-state index contributed by atoms with van der Waals surface area (Å²) in [6.07, 6.45) is 2.83. The Morgan fingerprint density at radius 1 is 1.70 bits per heavy atom. The molecule has 3 nitrogen and oxygen atoms in total. The fraction of sp³-hybridized carbons (Fsp3) is 0.571. The summed E-state index contributed by atoms with van der Waals surface area (Å²) in [5.41, 5.74) is 1.13. The number of H-pyrrole nitrogens is 1. The van der Waals surface area contributed by atoms with Crippen LogP contribution in [0.25, 0.3) is 0 Å². The van der Waals surface area contributed by atoms with Crippen molar-refractivity contribution >= 4 is 0 Å². The molecule has 0 aliphatic heterocycles. The molecule has 1 aromatic rings. The zero-order chi connectivity index (χ0) is 7.40. The van der Waals surface area contributed by atoms with E-state index in [0.29, 0.717) is 0 Å². The summed E-state index contributed by atoms with van der Waals surface area (Å²) >= 11 is 0. The van der Waals surface area contributed by atoms with Crippen LogP contribution in [0.1, 0.15) is 11.5 Å². The molecule has 56 valence electrons. The molecule has 0 amide bonds. The minimum atomic E-state index is 0.977. The Bertz CT molecular complexity index is 192. The number of imidazole rings is 1. The number of hydrogen-bond acceptors (Lipinski definition) is 2. The minimum Gasteiger partial charge on any atom is -0.346 e. The number of nitrogens with one attached hydrogen (secondary N) is 2. The van der Waals surface area contributed by atoms with Crippen LogP contribution in [0.4, 0.5) is 0 Å². The second-order valence-electron chi connectivity index (χ2n) is 2.37. The fourth-order valence-corrected chi connectivity index (χ4v) is 0.837. The van der Waals surface area contributed by atoms with Gasteiger partial charge in [-0.05, 0) is 14.0 Å². The predicted molar refractivity (Wildman–Crippen MR) is 41.0 cm³/mol. The first-order chi connectivity index (χ1) is 4.83. The van der Waals surface area contributed by atoms with Crippen LogP contribution in [0.3, 0.4) is 0 Å². The lowest BCUT2D eigenvalue weighted by Crippen LogP contribution is -2.10. The Morgan fingerprint density at radius 2 is 2.50 bits per heavy atom. The van der Waals surface area contributed by atoms with E-state index in [-0.39, 0.29) is 0 Å². The van der Waals surface area contributed by atoms with Crippen LogP contribution >= 0.6 is 0 Å². The number of rotatable bonds is 3. The second-order valence-corrected chi connectivity index (χ2v) is 2.37. The van der Waals surface area contributed by atoms with Crippen LogP contribution in [-0.4, -0.2) is 23.6 Å². The first-order valence-corrected chi connectivity index (χ1v) is 3.48. The van der Waals surface area contributed by atoms with Gasteiger partial charge in [0.05, 0.1) is 0 Å². The topological polar surface area (TPSA) is 40.7 Å². The SMILES string of the molecule is CNCCc1ncc(C)[nH]1. The van der Waals surface area contributed by atoms with Gasteiger partial charge < -0.3 is 10.3 Å². The van der Waals surface area contributed by atoms with Crippen LogP contribution in [-0.2, 0) is 6.42 Å². The van der Waals surface area contributed by atoms with Crippen molar-refractivity contribution in [3.8, 4) is 0 Å². The Labute approximate surface area is 60.9 Å². The number of likely N-dealkylation sites (N-methyl/N-ethyl adjacent to an activating group) is 1. The van der Waals surface area contributed by atoms with Crippen molar-refractivity contribution in [2.45, 2.75) is 13.3 Å². The maximum atomic E-state index is 4.16. The molecule has 1 heterocycles. The molecule has 0 bridgehead atoms. The Morgan fingerprint density at radius 3 is 3.00 bits per heavy atom. The fourth-order valence-electron chi connectivity index (χ4n) is 0.837. The average Bonchev–Trinajstić information content (AvgIpc) is 2.31. The number of hydrogen-bond donors (Lipinski definition) is 2. The van der Waals surface area contributed by atoms with E-state index in [9.17, 15) is 0 Å². The highest BCUT2D eigenvalue weighted by atomic mass is 14.9. The highest BCUT2D eigenvalue weighted by Crippen LogP contribution is 1.93. The third-order valence-corrected chi connectivity index (χ3v) is 1.37. The van der Waals surface area contributed by atoms with E-state index in [1.54, 1.807) is 0 Å². The number of aromatic nitrogens is 2. The van der Waals surface area contributed by atoms with Gasteiger partial charge in [0.25, 0.3) is 0 Å². The van der Waals surface area contributed by atoms with Crippen molar-refractivity contribution in [1.29, 1.82) is 0 Å². The van der Waals surface area contributed by atoms with Gasteiger partial charge in [0.15, 0.2) is 0 Å². The number of aromatic amines is 1. The Kier molecular flexibility index (Phi) is 2.45. The molecule has 1 aromatic heterocycles. The molecule has 10 heavy (non-hydrogen) atoms. The third-order valence-electron chi connectivity index (χ3n) is 1.37. The zero-order valence-corrected chi connectivity index (χ0v) is 6.44. The highest BCUT2D eigenvalue weighted by Gasteiger charge is 1.93. The first-order valence-electron chi connectivity index (χ1n) is 3.48. The number of nitrogens with zero attached hydrogens (tertiary/aromatic N) is 1. The van der Waals surface area contributed by atoms with Gasteiger partial charge in [0, 0.05) is 24.9 Å². The van der Waals surface area contributed by atoms with Crippen LogP contribution < -0.4 is 5.32 Å². The molecule has 0 radical (unpaired) electrons. The van der Waals surface area contributed by atoms with Crippen molar-refractivity contribution in [1.82, 2.24) is 15.3 Å². The van der Waals surface area contributed by atoms with Gasteiger partial charge >= 0.3 is 0 Å². The van der Waals surface area contributed by atoms with Crippen LogP contribution in [0.5, 0.6) is 0 Å². The Balaban J connectivity index is 2.42. The normalized spacial score (nSPS) is 10.2. The summed E-state index contributed by atoms with van der Waals surface area (Å²) in [4.78, 5) is 7.32. The standard InChI is InChI=1S/C7H13N3/c1-6-5-9-7(10-6)3-4-8-2/h5,8H,3-4H2,1-2H3,(H,9,10). The van der Waals surface area contributed by atoms with Gasteiger partial charge in [-0.3, -0.25) is 0 Å². The van der Waals surface area contributed by atoms with Crippen LogP contribution in [0.2, 0.25) is 0 Å². The van der Waals surface area contributed by atoms with E-state index < -0.39 is 0 Å². The smallest absolute Gasteiger partial charge is 0.107 e. The maximum absolute atomic E-state index is 4.16. The molecule has 0 aromatic carbocycles. The van der Waals surface area contributed by atoms with Crippen molar-refractivity contribution in [2.24, 2.45) is 0 Å². The molecule has 0 saturated carbocycles. The van der Waals surface area contributed by atoms with Crippen LogP contribution in [0.15, 0.2) is 6.20 Å².